The zero-order valence-corrected chi connectivity index (χ0v) is 14.4. The van der Waals surface area contributed by atoms with E-state index in [9.17, 15) is 14.0 Å². The number of esters is 1. The Morgan fingerprint density at radius 3 is 2.58 bits per heavy atom. The van der Waals surface area contributed by atoms with Crippen LogP contribution in [0.1, 0.15) is 22.8 Å². The molecule has 4 nitrogen and oxygen atoms in total. The van der Waals surface area contributed by atoms with Crippen LogP contribution < -0.4 is 5.32 Å². The van der Waals surface area contributed by atoms with Gasteiger partial charge in [-0.1, -0.05) is 29.3 Å². The quantitative estimate of drug-likeness (QED) is 0.799. The largest absolute Gasteiger partial charge is 0.449 e. The molecule has 0 aromatic heterocycles. The molecule has 2 aromatic rings. The Morgan fingerprint density at radius 1 is 1.21 bits per heavy atom. The molecule has 0 saturated carbocycles. The highest BCUT2D eigenvalue weighted by Gasteiger charge is 2.22. The van der Waals surface area contributed by atoms with Crippen molar-refractivity contribution in [2.75, 3.05) is 5.32 Å². The molecule has 2 rings (SSSR count). The van der Waals surface area contributed by atoms with Gasteiger partial charge in [0.2, 0.25) is 0 Å². The summed E-state index contributed by atoms with van der Waals surface area (Å²) < 4.78 is 18.7. The van der Waals surface area contributed by atoms with Crippen molar-refractivity contribution in [2.24, 2.45) is 0 Å². The number of rotatable bonds is 4. The monoisotopic (exact) mass is 369 g/mol. The van der Waals surface area contributed by atoms with Crippen molar-refractivity contribution >= 4 is 40.8 Å². The summed E-state index contributed by atoms with van der Waals surface area (Å²) in [5, 5.41) is 3.28. The van der Waals surface area contributed by atoms with Crippen molar-refractivity contribution in [1.29, 1.82) is 0 Å². The Balaban J connectivity index is 2.06. The van der Waals surface area contributed by atoms with E-state index < -0.39 is 23.8 Å². The number of nitrogens with one attached hydrogen (secondary N) is 1. The number of carbonyl (C=O) groups is 2. The highest BCUT2D eigenvalue weighted by Crippen LogP contribution is 2.23. The highest BCUT2D eigenvalue weighted by molar-refractivity contribution is 6.31. The molecule has 0 unspecified atom stereocenters. The summed E-state index contributed by atoms with van der Waals surface area (Å²) in [6.45, 7) is 3.14. The summed E-state index contributed by atoms with van der Waals surface area (Å²) in [7, 11) is 0. The Morgan fingerprint density at radius 2 is 1.92 bits per heavy atom. The van der Waals surface area contributed by atoms with E-state index >= 15 is 0 Å². The van der Waals surface area contributed by atoms with E-state index in [2.05, 4.69) is 5.32 Å². The lowest BCUT2D eigenvalue weighted by Crippen LogP contribution is -2.30. The molecule has 7 heteroatoms. The van der Waals surface area contributed by atoms with Crippen molar-refractivity contribution in [2.45, 2.75) is 20.0 Å². The molecule has 0 saturated heterocycles. The highest BCUT2D eigenvalue weighted by atomic mass is 35.5. The molecule has 0 aliphatic carbocycles. The standard InChI is InChI=1S/C17H14Cl2FNO3/c1-9-13(19)4-3-5-15(9)21-16(22)10(2)24-17(23)12-7-6-11(18)8-14(12)20/h3-8,10H,1-2H3,(H,21,22)/t10-/m1/s1. The van der Waals surface area contributed by atoms with Gasteiger partial charge in [0, 0.05) is 15.7 Å². The number of carbonyl (C=O) groups excluding carboxylic acids is 2. The molecule has 0 heterocycles. The van der Waals surface area contributed by atoms with Crippen molar-refractivity contribution in [3.63, 3.8) is 0 Å². The molecule has 2 aromatic carbocycles. The van der Waals surface area contributed by atoms with Gasteiger partial charge in [0.15, 0.2) is 6.10 Å². The van der Waals surface area contributed by atoms with Gasteiger partial charge in [0.05, 0.1) is 5.56 Å². The Hall–Kier alpha value is -2.11. The van der Waals surface area contributed by atoms with E-state index in [1.807, 2.05) is 0 Å². The minimum Gasteiger partial charge on any atom is -0.449 e. The van der Waals surface area contributed by atoms with Crippen LogP contribution in [0.5, 0.6) is 0 Å². The van der Waals surface area contributed by atoms with Crippen LogP contribution in [0.3, 0.4) is 0 Å². The predicted octanol–water partition coefficient (Wildman–Crippen LogP) is 4.62. The van der Waals surface area contributed by atoms with Crippen molar-refractivity contribution in [3.05, 3.63) is 63.4 Å². The molecule has 1 N–H and O–H groups in total. The zero-order valence-electron chi connectivity index (χ0n) is 12.9. The van der Waals surface area contributed by atoms with E-state index in [-0.39, 0.29) is 10.6 Å². The van der Waals surface area contributed by atoms with E-state index in [0.717, 1.165) is 6.07 Å². The van der Waals surface area contributed by atoms with Crippen LogP contribution in [-0.2, 0) is 9.53 Å². The molecule has 0 fully saturated rings. The number of halogens is 3. The van der Waals surface area contributed by atoms with Gasteiger partial charge in [0.25, 0.3) is 5.91 Å². The normalized spacial score (nSPS) is 11.7. The fraction of sp³-hybridized carbons (Fsp3) is 0.176. The molecular weight excluding hydrogens is 356 g/mol. The van der Waals surface area contributed by atoms with Crippen LogP contribution in [0.4, 0.5) is 10.1 Å². The molecule has 0 spiro atoms. The molecule has 0 radical (unpaired) electrons. The first-order valence-electron chi connectivity index (χ1n) is 7.01. The molecule has 0 bridgehead atoms. The predicted molar refractivity (Wildman–Crippen MR) is 91.1 cm³/mol. The minimum atomic E-state index is -1.12. The number of ether oxygens (including phenoxy) is 1. The van der Waals surface area contributed by atoms with Gasteiger partial charge in [-0.15, -0.1) is 0 Å². The van der Waals surface area contributed by atoms with Gasteiger partial charge >= 0.3 is 5.97 Å². The minimum absolute atomic E-state index is 0.159. The second kappa shape index (κ2) is 7.64. The zero-order chi connectivity index (χ0) is 17.9. The maximum absolute atomic E-state index is 13.7. The van der Waals surface area contributed by atoms with E-state index in [1.54, 1.807) is 25.1 Å². The number of hydrogen-bond acceptors (Lipinski definition) is 3. The van der Waals surface area contributed by atoms with E-state index in [4.69, 9.17) is 27.9 Å². The molecule has 0 aliphatic rings. The second-order valence-corrected chi connectivity index (χ2v) is 5.92. The fourth-order valence-electron chi connectivity index (χ4n) is 1.91. The number of benzene rings is 2. The number of hydrogen-bond donors (Lipinski definition) is 1. The fourth-order valence-corrected chi connectivity index (χ4v) is 2.24. The summed E-state index contributed by atoms with van der Waals surface area (Å²) in [4.78, 5) is 24.1. The topological polar surface area (TPSA) is 55.4 Å². The van der Waals surface area contributed by atoms with Gasteiger partial charge in [-0.3, -0.25) is 4.79 Å². The van der Waals surface area contributed by atoms with E-state index in [0.29, 0.717) is 16.3 Å². The van der Waals surface area contributed by atoms with Crippen LogP contribution in [0.25, 0.3) is 0 Å². The molecule has 1 amide bonds. The first kappa shape index (κ1) is 18.2. The second-order valence-electron chi connectivity index (χ2n) is 5.07. The van der Waals surface area contributed by atoms with Gasteiger partial charge in [-0.25, -0.2) is 9.18 Å². The molecular formula is C17H14Cl2FNO3. The lowest BCUT2D eigenvalue weighted by atomic mass is 10.2. The molecule has 0 aliphatic heterocycles. The van der Waals surface area contributed by atoms with Crippen LogP contribution in [0, 0.1) is 12.7 Å². The average molecular weight is 370 g/mol. The summed E-state index contributed by atoms with van der Waals surface area (Å²) in [5.41, 5.74) is 0.904. The van der Waals surface area contributed by atoms with Gasteiger partial charge in [-0.2, -0.15) is 0 Å². The van der Waals surface area contributed by atoms with Crippen molar-refractivity contribution < 1.29 is 18.7 Å². The van der Waals surface area contributed by atoms with E-state index in [1.165, 1.54) is 19.1 Å². The third-order valence-electron chi connectivity index (χ3n) is 3.33. The first-order chi connectivity index (χ1) is 11.3. The third kappa shape index (κ3) is 4.24. The molecule has 24 heavy (non-hydrogen) atoms. The first-order valence-corrected chi connectivity index (χ1v) is 7.77. The SMILES string of the molecule is Cc1c(Cl)cccc1NC(=O)[C@@H](C)OC(=O)c1ccc(Cl)cc1F. The van der Waals surface area contributed by atoms with Crippen LogP contribution >= 0.6 is 23.2 Å². The molecule has 126 valence electrons. The average Bonchev–Trinajstić information content (AvgIpc) is 2.51. The smallest absolute Gasteiger partial charge is 0.341 e. The third-order valence-corrected chi connectivity index (χ3v) is 3.97. The van der Waals surface area contributed by atoms with Gasteiger partial charge < -0.3 is 10.1 Å². The van der Waals surface area contributed by atoms with Crippen LogP contribution in [0.15, 0.2) is 36.4 Å². The number of anilines is 1. The lowest BCUT2D eigenvalue weighted by Gasteiger charge is -2.15. The van der Waals surface area contributed by atoms with Gasteiger partial charge in [0.1, 0.15) is 5.82 Å². The maximum Gasteiger partial charge on any atom is 0.341 e. The lowest BCUT2D eigenvalue weighted by molar-refractivity contribution is -0.123. The van der Waals surface area contributed by atoms with Gasteiger partial charge in [-0.05, 0) is 49.7 Å². The van der Waals surface area contributed by atoms with Crippen molar-refractivity contribution in [1.82, 2.24) is 0 Å². The maximum atomic E-state index is 13.7. The van der Waals surface area contributed by atoms with Crippen LogP contribution in [-0.4, -0.2) is 18.0 Å². The summed E-state index contributed by atoms with van der Waals surface area (Å²) in [6.07, 6.45) is -1.12. The Labute approximate surface area is 148 Å². The Bertz CT molecular complexity index is 795. The summed E-state index contributed by atoms with van der Waals surface area (Å²) in [5.74, 6) is -2.32. The van der Waals surface area contributed by atoms with Crippen molar-refractivity contribution in [3.8, 4) is 0 Å². The molecule has 1 atom stereocenters. The van der Waals surface area contributed by atoms with Crippen LogP contribution in [0.2, 0.25) is 10.0 Å². The summed E-state index contributed by atoms with van der Waals surface area (Å²) >= 11 is 11.6. The number of amides is 1. The summed E-state index contributed by atoms with van der Waals surface area (Å²) in [6, 6.07) is 8.61. The Kier molecular flexibility index (Phi) is 5.80.